The Kier molecular flexibility index (Phi) is 8.66. The number of rotatable bonds is 7. The van der Waals surface area contributed by atoms with Crippen LogP contribution in [-0.4, -0.2) is 29.1 Å². The lowest BCUT2D eigenvalue weighted by molar-refractivity contribution is -0.141. The summed E-state index contributed by atoms with van der Waals surface area (Å²) in [7, 11) is 0. The molecule has 0 radical (unpaired) electrons. The maximum atomic E-state index is 13.5. The Labute approximate surface area is 229 Å². The maximum absolute atomic E-state index is 13.5. The van der Waals surface area contributed by atoms with Gasteiger partial charge in [0.15, 0.2) is 0 Å². The molecule has 8 nitrogen and oxygen atoms in total. The fraction of sp³-hybridized carbons (Fsp3) is 0.323. The highest BCUT2D eigenvalue weighted by atomic mass is 16.4. The minimum atomic E-state index is -1.06. The summed E-state index contributed by atoms with van der Waals surface area (Å²) >= 11 is 0. The van der Waals surface area contributed by atoms with Crippen LogP contribution in [0.1, 0.15) is 59.2 Å². The predicted molar refractivity (Wildman–Crippen MR) is 154 cm³/mol. The molecule has 5 N–H and O–H groups in total. The first-order chi connectivity index (χ1) is 18.7. The van der Waals surface area contributed by atoms with Crippen molar-refractivity contribution in [2.24, 2.45) is 11.8 Å². The van der Waals surface area contributed by atoms with Crippen molar-refractivity contribution in [1.82, 2.24) is 5.32 Å². The predicted octanol–water partition coefficient (Wildman–Crippen LogP) is 5.95. The van der Waals surface area contributed by atoms with Gasteiger partial charge in [0.05, 0.1) is 16.9 Å². The summed E-state index contributed by atoms with van der Waals surface area (Å²) in [5.41, 5.74) is 5.63. The fourth-order valence-corrected chi connectivity index (χ4v) is 5.21. The second-order valence-corrected chi connectivity index (χ2v) is 10.3. The third-order valence-electron chi connectivity index (χ3n) is 7.79. The van der Waals surface area contributed by atoms with Crippen molar-refractivity contribution in [2.45, 2.75) is 58.9 Å². The van der Waals surface area contributed by atoms with Crippen molar-refractivity contribution in [3.63, 3.8) is 0 Å². The van der Waals surface area contributed by atoms with E-state index in [1.807, 2.05) is 57.2 Å². The summed E-state index contributed by atoms with van der Waals surface area (Å²) in [6, 6.07) is 16.7. The number of aliphatic carboxylic acids is 1. The number of carbonyl (C=O) groups excluding carboxylic acids is 2. The molecule has 0 saturated heterocycles. The minimum Gasteiger partial charge on any atom is -0.480 e. The number of nitrogens with two attached hydrogens (primary N) is 1. The standard InChI is InChI=1S/C31H36N4O4/c1-19-14-17-27(21(3)20(19)2)35(32)31(39)33-26-18-24(22-10-6-4-7-11-22)15-16-25(26)29(36)34-28(30(37)38)23-12-8-5-9-13-23/h4,6-7,10-11,14-18,23,28H,5,8-9,12-13,32H2,1-3H3,(H,33,39)(H,34,36)(H,37,38)/t28-/m0/s1. The van der Waals surface area contributed by atoms with Gasteiger partial charge in [-0.3, -0.25) is 4.79 Å². The lowest BCUT2D eigenvalue weighted by Crippen LogP contribution is -2.47. The zero-order chi connectivity index (χ0) is 28.1. The van der Waals surface area contributed by atoms with Crippen LogP contribution in [0.15, 0.2) is 60.7 Å². The lowest BCUT2D eigenvalue weighted by Gasteiger charge is -2.28. The number of carboxylic acids is 1. The molecule has 1 atom stereocenters. The molecular weight excluding hydrogens is 492 g/mol. The van der Waals surface area contributed by atoms with Crippen molar-refractivity contribution in [3.05, 3.63) is 82.9 Å². The number of nitrogens with zero attached hydrogens (tertiary/aromatic N) is 1. The maximum Gasteiger partial charge on any atom is 0.340 e. The molecule has 4 rings (SSSR count). The highest BCUT2D eigenvalue weighted by Crippen LogP contribution is 2.30. The number of carboxylic acid groups (broad SMARTS) is 1. The van der Waals surface area contributed by atoms with Crippen molar-refractivity contribution in [1.29, 1.82) is 0 Å². The highest BCUT2D eigenvalue weighted by Gasteiger charge is 2.32. The van der Waals surface area contributed by atoms with Crippen LogP contribution in [0.5, 0.6) is 0 Å². The van der Waals surface area contributed by atoms with E-state index in [0.29, 0.717) is 5.69 Å². The van der Waals surface area contributed by atoms with Gasteiger partial charge in [-0.1, -0.05) is 61.7 Å². The Morgan fingerprint density at radius 3 is 2.26 bits per heavy atom. The van der Waals surface area contributed by atoms with Gasteiger partial charge in [-0.2, -0.15) is 0 Å². The number of amides is 3. The van der Waals surface area contributed by atoms with Crippen molar-refractivity contribution in [3.8, 4) is 11.1 Å². The second kappa shape index (κ2) is 12.1. The van der Waals surface area contributed by atoms with Gasteiger partial charge in [-0.05, 0) is 85.5 Å². The molecule has 0 spiro atoms. The van der Waals surface area contributed by atoms with E-state index in [2.05, 4.69) is 10.6 Å². The molecule has 1 aliphatic carbocycles. The number of anilines is 2. The zero-order valence-electron chi connectivity index (χ0n) is 22.7. The summed E-state index contributed by atoms with van der Waals surface area (Å²) in [6.07, 6.45) is 4.48. The number of carbonyl (C=O) groups is 3. The van der Waals surface area contributed by atoms with Crippen LogP contribution in [0, 0.1) is 26.7 Å². The Bertz CT molecular complexity index is 1370. The summed E-state index contributed by atoms with van der Waals surface area (Å²) < 4.78 is 0. The van der Waals surface area contributed by atoms with Gasteiger partial charge in [-0.25, -0.2) is 20.4 Å². The summed E-state index contributed by atoms with van der Waals surface area (Å²) in [5, 5.41) is 16.4. The third-order valence-corrected chi connectivity index (χ3v) is 7.79. The van der Waals surface area contributed by atoms with Crippen LogP contribution in [-0.2, 0) is 4.79 Å². The van der Waals surface area contributed by atoms with Crippen LogP contribution in [0.4, 0.5) is 16.2 Å². The number of aryl methyl sites for hydroxylation is 1. The normalized spacial score (nSPS) is 14.4. The molecule has 1 fully saturated rings. The molecule has 8 heteroatoms. The molecule has 3 amide bonds. The van der Waals surface area contributed by atoms with Crippen LogP contribution < -0.4 is 21.5 Å². The Hall–Kier alpha value is -4.17. The van der Waals surface area contributed by atoms with E-state index < -0.39 is 23.9 Å². The van der Waals surface area contributed by atoms with Gasteiger partial charge in [0.2, 0.25) is 0 Å². The van der Waals surface area contributed by atoms with E-state index in [1.54, 1.807) is 24.3 Å². The number of hydrazine groups is 1. The quantitative estimate of drug-likeness (QED) is 0.171. The molecule has 39 heavy (non-hydrogen) atoms. The number of hydrogen-bond acceptors (Lipinski definition) is 4. The summed E-state index contributed by atoms with van der Waals surface area (Å²) in [6.45, 7) is 5.86. The molecule has 1 aliphatic rings. The van der Waals surface area contributed by atoms with Crippen LogP contribution in [0.2, 0.25) is 0 Å². The first-order valence-corrected chi connectivity index (χ1v) is 13.3. The van der Waals surface area contributed by atoms with Gasteiger partial charge in [-0.15, -0.1) is 0 Å². The SMILES string of the molecule is Cc1ccc(N(N)C(=O)Nc2cc(-c3ccccc3)ccc2C(=O)N[C@H](C(=O)O)C2CCCCC2)c(C)c1C. The van der Waals surface area contributed by atoms with Crippen molar-refractivity contribution in [2.75, 3.05) is 10.3 Å². The van der Waals surface area contributed by atoms with Gasteiger partial charge in [0.25, 0.3) is 5.91 Å². The van der Waals surface area contributed by atoms with Crippen LogP contribution in [0.25, 0.3) is 11.1 Å². The monoisotopic (exact) mass is 528 g/mol. The Morgan fingerprint density at radius 1 is 0.897 bits per heavy atom. The molecule has 0 unspecified atom stereocenters. The molecule has 0 aliphatic heterocycles. The van der Waals surface area contributed by atoms with Crippen LogP contribution in [0.3, 0.4) is 0 Å². The fourth-order valence-electron chi connectivity index (χ4n) is 5.21. The van der Waals surface area contributed by atoms with Gasteiger partial charge in [0, 0.05) is 0 Å². The molecule has 0 bridgehead atoms. The van der Waals surface area contributed by atoms with Gasteiger partial charge < -0.3 is 15.7 Å². The molecule has 3 aromatic carbocycles. The molecular formula is C31H36N4O4. The van der Waals surface area contributed by atoms with E-state index in [4.69, 9.17) is 5.84 Å². The Morgan fingerprint density at radius 2 is 1.59 bits per heavy atom. The molecule has 1 saturated carbocycles. The molecule has 0 heterocycles. The Balaban J connectivity index is 1.66. The number of nitrogens with one attached hydrogen (secondary N) is 2. The summed E-state index contributed by atoms with van der Waals surface area (Å²) in [4.78, 5) is 38.9. The average molecular weight is 529 g/mol. The average Bonchev–Trinajstić information content (AvgIpc) is 2.95. The van der Waals surface area contributed by atoms with E-state index in [1.165, 1.54) is 0 Å². The van der Waals surface area contributed by atoms with E-state index >= 15 is 0 Å². The van der Waals surface area contributed by atoms with Crippen molar-refractivity contribution < 1.29 is 19.5 Å². The van der Waals surface area contributed by atoms with Crippen LogP contribution >= 0.6 is 0 Å². The summed E-state index contributed by atoms with van der Waals surface area (Å²) in [5.74, 6) is 4.50. The smallest absolute Gasteiger partial charge is 0.340 e. The first kappa shape index (κ1) is 27.9. The highest BCUT2D eigenvalue weighted by molar-refractivity contribution is 6.08. The van der Waals surface area contributed by atoms with Gasteiger partial charge >= 0.3 is 12.0 Å². The van der Waals surface area contributed by atoms with E-state index in [-0.39, 0.29) is 17.2 Å². The van der Waals surface area contributed by atoms with E-state index in [0.717, 1.165) is 64.9 Å². The number of benzene rings is 3. The molecule has 204 valence electrons. The largest absolute Gasteiger partial charge is 0.480 e. The van der Waals surface area contributed by atoms with Crippen molar-refractivity contribution >= 4 is 29.3 Å². The molecule has 3 aromatic rings. The number of urea groups is 1. The topological polar surface area (TPSA) is 125 Å². The molecule has 0 aromatic heterocycles. The number of hydrogen-bond donors (Lipinski definition) is 4. The minimum absolute atomic E-state index is 0.130. The van der Waals surface area contributed by atoms with Gasteiger partial charge in [0.1, 0.15) is 6.04 Å². The lowest BCUT2D eigenvalue weighted by atomic mass is 9.83. The second-order valence-electron chi connectivity index (χ2n) is 10.3. The third kappa shape index (κ3) is 6.29. The zero-order valence-corrected chi connectivity index (χ0v) is 22.7. The first-order valence-electron chi connectivity index (χ1n) is 13.3. The van der Waals surface area contributed by atoms with E-state index in [9.17, 15) is 19.5 Å².